The second-order valence-electron chi connectivity index (χ2n) is 2.52. The number of carbonyl (C=O) groups is 1. The number of hydrogen-bond donors (Lipinski definition) is 1. The Kier molecular flexibility index (Phi) is 3.33. The fraction of sp³-hybridized carbons (Fsp3) is 0.111. The maximum atomic E-state index is 10.9. The van der Waals surface area contributed by atoms with Crippen molar-refractivity contribution < 1.29 is 4.79 Å². The van der Waals surface area contributed by atoms with E-state index in [-0.39, 0.29) is 12.3 Å². The van der Waals surface area contributed by atoms with Gasteiger partial charge in [0.15, 0.2) is 0 Å². The van der Waals surface area contributed by atoms with Gasteiger partial charge in [-0.2, -0.15) is 5.26 Å². The molecule has 70 valence electrons. The van der Waals surface area contributed by atoms with Gasteiger partial charge in [0.1, 0.15) is 12.1 Å². The molecule has 0 heterocycles. The Morgan fingerprint density at radius 3 is 2.57 bits per heavy atom. The normalized spacial score (nSPS) is 8.79. The van der Waals surface area contributed by atoms with E-state index in [2.05, 4.69) is 10.5 Å². The first-order valence-electron chi connectivity index (χ1n) is 3.86. The molecule has 0 aliphatic heterocycles. The van der Waals surface area contributed by atoms with Crippen LogP contribution in [0.2, 0.25) is 0 Å². The lowest BCUT2D eigenvalue weighted by molar-refractivity contribution is -0.115. The van der Waals surface area contributed by atoms with Gasteiger partial charge in [-0.25, -0.2) is 0 Å². The number of benzene rings is 1. The van der Waals surface area contributed by atoms with Crippen molar-refractivity contribution in [3.05, 3.63) is 29.2 Å². The fourth-order valence-electron chi connectivity index (χ4n) is 0.883. The van der Waals surface area contributed by atoms with Crippen molar-refractivity contribution in [2.24, 2.45) is 5.18 Å². The molecule has 14 heavy (non-hydrogen) atoms. The number of nitriles is 1. The van der Waals surface area contributed by atoms with Crippen LogP contribution in [0.15, 0.2) is 29.4 Å². The molecular formula is C9H7N3O2. The molecule has 0 aromatic heterocycles. The Hall–Kier alpha value is -2.22. The van der Waals surface area contributed by atoms with E-state index in [1.165, 1.54) is 12.1 Å². The molecule has 1 rings (SSSR count). The summed E-state index contributed by atoms with van der Waals surface area (Å²) in [6.45, 7) is 0. The number of hydrogen-bond acceptors (Lipinski definition) is 4. The van der Waals surface area contributed by atoms with Crippen molar-refractivity contribution in [3.8, 4) is 6.07 Å². The zero-order valence-electron chi connectivity index (χ0n) is 7.23. The highest BCUT2D eigenvalue weighted by Gasteiger charge is 2.00. The second kappa shape index (κ2) is 4.72. The lowest BCUT2D eigenvalue weighted by atomic mass is 10.3. The Balaban J connectivity index is 2.65. The van der Waals surface area contributed by atoms with Crippen LogP contribution in [0, 0.1) is 16.2 Å². The first-order chi connectivity index (χ1) is 6.76. The summed E-state index contributed by atoms with van der Waals surface area (Å²) in [6.07, 6.45) is -0.187. The summed E-state index contributed by atoms with van der Waals surface area (Å²) in [7, 11) is 0. The Morgan fingerprint density at radius 1 is 1.43 bits per heavy atom. The third-order valence-corrected chi connectivity index (χ3v) is 1.50. The average molecular weight is 189 g/mol. The molecule has 0 saturated carbocycles. The first kappa shape index (κ1) is 9.86. The van der Waals surface area contributed by atoms with Gasteiger partial charge in [-0.1, -0.05) is 0 Å². The van der Waals surface area contributed by atoms with E-state index in [0.29, 0.717) is 11.4 Å². The van der Waals surface area contributed by atoms with Crippen LogP contribution in [0.3, 0.4) is 0 Å². The maximum Gasteiger partial charge on any atom is 0.238 e. The predicted octanol–water partition coefficient (Wildman–Crippen LogP) is 1.94. The zero-order chi connectivity index (χ0) is 10.4. The van der Waals surface area contributed by atoms with Gasteiger partial charge in [0.2, 0.25) is 5.91 Å². The van der Waals surface area contributed by atoms with Crippen LogP contribution in [0.1, 0.15) is 6.42 Å². The lowest BCUT2D eigenvalue weighted by Crippen LogP contribution is -2.09. The summed E-state index contributed by atoms with van der Waals surface area (Å²) in [5.41, 5.74) is 0.834. The average Bonchev–Trinajstić information content (AvgIpc) is 2.19. The smallest absolute Gasteiger partial charge is 0.238 e. The lowest BCUT2D eigenvalue weighted by Gasteiger charge is -2.01. The van der Waals surface area contributed by atoms with Gasteiger partial charge in [0.25, 0.3) is 0 Å². The molecule has 0 saturated heterocycles. The molecule has 5 heteroatoms. The van der Waals surface area contributed by atoms with Crippen LogP contribution in [-0.4, -0.2) is 5.91 Å². The highest BCUT2D eigenvalue weighted by molar-refractivity contribution is 5.92. The molecule has 0 unspecified atom stereocenters. The summed E-state index contributed by atoms with van der Waals surface area (Å²) in [5, 5.41) is 13.4. The second-order valence-corrected chi connectivity index (χ2v) is 2.52. The van der Waals surface area contributed by atoms with Gasteiger partial charge < -0.3 is 5.32 Å². The van der Waals surface area contributed by atoms with Gasteiger partial charge >= 0.3 is 0 Å². The quantitative estimate of drug-likeness (QED) is 0.737. The molecule has 0 aliphatic carbocycles. The molecule has 1 amide bonds. The van der Waals surface area contributed by atoms with E-state index in [9.17, 15) is 9.70 Å². The molecule has 0 bridgehead atoms. The molecule has 1 aromatic rings. The van der Waals surface area contributed by atoms with Crippen LogP contribution in [0.4, 0.5) is 11.4 Å². The number of rotatable bonds is 3. The van der Waals surface area contributed by atoms with Gasteiger partial charge in [-0.15, -0.1) is 4.91 Å². The summed E-state index contributed by atoms with van der Waals surface area (Å²) >= 11 is 0. The standard InChI is InChI=1S/C9H7N3O2/c10-6-5-9(13)11-7-1-3-8(12-14)4-2-7/h1-4H,5H2,(H,11,13). The Bertz CT molecular complexity index is 378. The predicted molar refractivity (Wildman–Crippen MR) is 50.8 cm³/mol. The van der Waals surface area contributed by atoms with E-state index in [0.717, 1.165) is 0 Å². The van der Waals surface area contributed by atoms with Crippen LogP contribution in [-0.2, 0) is 4.79 Å². The topological polar surface area (TPSA) is 82.3 Å². The van der Waals surface area contributed by atoms with Gasteiger partial charge in [-0.3, -0.25) is 4.79 Å². The molecule has 0 radical (unpaired) electrons. The van der Waals surface area contributed by atoms with Gasteiger partial charge in [0.05, 0.1) is 6.07 Å². The van der Waals surface area contributed by atoms with Crippen LogP contribution >= 0.6 is 0 Å². The van der Waals surface area contributed by atoms with E-state index in [4.69, 9.17) is 5.26 Å². The summed E-state index contributed by atoms with van der Waals surface area (Å²) in [4.78, 5) is 21.0. The maximum absolute atomic E-state index is 10.9. The Morgan fingerprint density at radius 2 is 2.07 bits per heavy atom. The monoisotopic (exact) mass is 189 g/mol. The summed E-state index contributed by atoms with van der Waals surface area (Å²) in [5.74, 6) is -0.376. The van der Waals surface area contributed by atoms with Gasteiger partial charge in [-0.05, 0) is 29.4 Å². The minimum absolute atomic E-state index is 0.187. The van der Waals surface area contributed by atoms with Crippen molar-refractivity contribution in [1.29, 1.82) is 5.26 Å². The van der Waals surface area contributed by atoms with Crippen molar-refractivity contribution in [3.63, 3.8) is 0 Å². The number of nitrogens with one attached hydrogen (secondary N) is 1. The van der Waals surface area contributed by atoms with E-state index in [1.54, 1.807) is 18.2 Å². The molecule has 0 aliphatic rings. The molecule has 0 fully saturated rings. The largest absolute Gasteiger partial charge is 0.325 e. The number of carbonyl (C=O) groups excluding carboxylic acids is 1. The molecule has 5 nitrogen and oxygen atoms in total. The number of amides is 1. The SMILES string of the molecule is N#CCC(=O)Nc1ccc(N=O)cc1. The third kappa shape index (κ3) is 2.68. The van der Waals surface area contributed by atoms with Crippen molar-refractivity contribution in [2.75, 3.05) is 5.32 Å². The van der Waals surface area contributed by atoms with E-state index < -0.39 is 0 Å². The number of nitrogens with zero attached hydrogens (tertiary/aromatic N) is 2. The minimum Gasteiger partial charge on any atom is -0.325 e. The first-order valence-corrected chi connectivity index (χ1v) is 3.86. The number of nitroso groups, excluding NO2 is 1. The van der Waals surface area contributed by atoms with Crippen LogP contribution in [0.25, 0.3) is 0 Å². The van der Waals surface area contributed by atoms with Crippen LogP contribution in [0.5, 0.6) is 0 Å². The van der Waals surface area contributed by atoms with Crippen LogP contribution < -0.4 is 5.32 Å². The highest BCUT2D eigenvalue weighted by atomic mass is 16.3. The third-order valence-electron chi connectivity index (χ3n) is 1.50. The molecule has 1 aromatic carbocycles. The fourth-order valence-corrected chi connectivity index (χ4v) is 0.883. The van der Waals surface area contributed by atoms with Crippen molar-refractivity contribution >= 4 is 17.3 Å². The summed E-state index contributed by atoms with van der Waals surface area (Å²) < 4.78 is 0. The molecule has 0 spiro atoms. The van der Waals surface area contributed by atoms with E-state index >= 15 is 0 Å². The molecule has 1 N–H and O–H groups in total. The van der Waals surface area contributed by atoms with Crippen molar-refractivity contribution in [2.45, 2.75) is 6.42 Å². The molecular weight excluding hydrogens is 182 g/mol. The minimum atomic E-state index is -0.376. The van der Waals surface area contributed by atoms with E-state index in [1.807, 2.05) is 0 Å². The number of anilines is 1. The molecule has 0 atom stereocenters. The van der Waals surface area contributed by atoms with Gasteiger partial charge in [0, 0.05) is 5.69 Å². The summed E-state index contributed by atoms with van der Waals surface area (Å²) in [6, 6.07) is 7.79. The zero-order valence-corrected chi connectivity index (χ0v) is 7.23. The highest BCUT2D eigenvalue weighted by Crippen LogP contribution is 2.15. The van der Waals surface area contributed by atoms with Crippen molar-refractivity contribution in [1.82, 2.24) is 0 Å². The Labute approximate surface area is 80.3 Å².